The molecule has 5 atom stereocenters. The van der Waals surface area contributed by atoms with Gasteiger partial charge in [0.2, 0.25) is 0 Å². The number of methoxy groups -OCH3 is 3. The molecule has 0 radical (unpaired) electrons. The van der Waals surface area contributed by atoms with E-state index in [0.717, 1.165) is 33.9 Å². The second kappa shape index (κ2) is 14.3. The highest BCUT2D eigenvalue weighted by atomic mass is 16.7. The fourth-order valence-electron chi connectivity index (χ4n) is 4.35. The van der Waals surface area contributed by atoms with Gasteiger partial charge in [0.25, 0.3) is 0 Å². The van der Waals surface area contributed by atoms with Crippen LogP contribution in [0.15, 0.2) is 72.8 Å². The van der Waals surface area contributed by atoms with Crippen molar-refractivity contribution in [3.8, 4) is 17.2 Å². The van der Waals surface area contributed by atoms with E-state index < -0.39 is 30.7 Å². The van der Waals surface area contributed by atoms with Crippen molar-refractivity contribution in [1.82, 2.24) is 0 Å². The number of hydrogen-bond acceptors (Lipinski definition) is 9. The van der Waals surface area contributed by atoms with Crippen LogP contribution in [0.2, 0.25) is 0 Å². The van der Waals surface area contributed by atoms with Crippen LogP contribution in [0.3, 0.4) is 0 Å². The number of rotatable bonds is 13. The molecular weight excluding hydrogens is 504 g/mol. The van der Waals surface area contributed by atoms with Crippen molar-refractivity contribution in [2.24, 2.45) is 0 Å². The second-order valence-electron chi connectivity index (χ2n) is 9.12. The SMILES string of the molecule is COc1ccc(CO[C@@H]2[C@@H](OCc3ccc(OC)cc3)[C@H](O)O[C@H](CO)[C@H]2OCc2ccc(OC)cc2)cc1. The Morgan fingerprint density at radius 1 is 0.564 bits per heavy atom. The molecule has 4 rings (SSSR count). The molecule has 0 unspecified atom stereocenters. The largest absolute Gasteiger partial charge is 0.497 e. The molecule has 0 amide bonds. The highest BCUT2D eigenvalue weighted by Gasteiger charge is 2.47. The minimum Gasteiger partial charge on any atom is -0.497 e. The first kappa shape index (κ1) is 28.8. The van der Waals surface area contributed by atoms with Gasteiger partial charge in [0.05, 0.1) is 47.8 Å². The number of hydrogen-bond donors (Lipinski definition) is 2. The highest BCUT2D eigenvalue weighted by Crippen LogP contribution is 2.30. The lowest BCUT2D eigenvalue weighted by atomic mass is 9.98. The molecule has 210 valence electrons. The Hall–Kier alpha value is -3.18. The molecule has 0 bridgehead atoms. The van der Waals surface area contributed by atoms with Gasteiger partial charge >= 0.3 is 0 Å². The van der Waals surface area contributed by atoms with Crippen LogP contribution in [0.4, 0.5) is 0 Å². The summed E-state index contributed by atoms with van der Waals surface area (Å²) in [6.07, 6.45) is -4.50. The van der Waals surface area contributed by atoms with Crippen molar-refractivity contribution in [2.75, 3.05) is 27.9 Å². The molecule has 9 nitrogen and oxygen atoms in total. The lowest BCUT2D eigenvalue weighted by Crippen LogP contribution is -2.61. The first-order valence-corrected chi connectivity index (χ1v) is 12.7. The summed E-state index contributed by atoms with van der Waals surface area (Å²) >= 11 is 0. The Morgan fingerprint density at radius 2 is 0.923 bits per heavy atom. The monoisotopic (exact) mass is 540 g/mol. The third-order valence-electron chi connectivity index (χ3n) is 6.59. The smallest absolute Gasteiger partial charge is 0.184 e. The van der Waals surface area contributed by atoms with Crippen molar-refractivity contribution in [2.45, 2.75) is 50.5 Å². The highest BCUT2D eigenvalue weighted by molar-refractivity contribution is 5.28. The summed E-state index contributed by atoms with van der Waals surface area (Å²) in [6, 6.07) is 22.5. The maximum absolute atomic E-state index is 10.9. The molecule has 39 heavy (non-hydrogen) atoms. The average Bonchev–Trinajstić information content (AvgIpc) is 2.99. The van der Waals surface area contributed by atoms with Gasteiger partial charge in [-0.15, -0.1) is 0 Å². The van der Waals surface area contributed by atoms with Crippen LogP contribution >= 0.6 is 0 Å². The summed E-state index contributed by atoms with van der Waals surface area (Å²) < 4.78 is 40.2. The minimum absolute atomic E-state index is 0.201. The van der Waals surface area contributed by atoms with E-state index in [1.165, 1.54) is 0 Å². The predicted octanol–water partition coefficient (Wildman–Crippen LogP) is 3.48. The third-order valence-corrected chi connectivity index (χ3v) is 6.59. The number of aliphatic hydroxyl groups is 2. The van der Waals surface area contributed by atoms with Crippen LogP contribution in [0.1, 0.15) is 16.7 Å². The zero-order valence-electron chi connectivity index (χ0n) is 22.4. The van der Waals surface area contributed by atoms with Crippen molar-refractivity contribution < 1.29 is 43.4 Å². The van der Waals surface area contributed by atoms with Crippen molar-refractivity contribution in [3.05, 3.63) is 89.5 Å². The number of aliphatic hydroxyl groups excluding tert-OH is 2. The summed E-state index contributed by atoms with van der Waals surface area (Å²) in [5.41, 5.74) is 2.69. The Morgan fingerprint density at radius 3 is 1.28 bits per heavy atom. The van der Waals surface area contributed by atoms with E-state index in [2.05, 4.69) is 0 Å². The van der Waals surface area contributed by atoms with E-state index in [0.29, 0.717) is 0 Å². The van der Waals surface area contributed by atoms with Crippen LogP contribution in [-0.2, 0) is 38.8 Å². The molecule has 9 heteroatoms. The standard InChI is InChI=1S/C30H36O9/c1-33-23-10-4-20(5-11-23)17-36-27-26(16-31)39-30(32)29(38-19-22-8-14-25(35-3)15-9-22)28(27)37-18-21-6-12-24(34-2)13-7-21/h4-15,26-32H,16-19H2,1-3H3/t26-,27-,28+,29-,30-/m1/s1. The van der Waals surface area contributed by atoms with Crippen LogP contribution in [-0.4, -0.2) is 68.9 Å². The quantitative estimate of drug-likeness (QED) is 0.337. The number of benzene rings is 3. The molecular formula is C30H36O9. The Labute approximate surface area is 228 Å². The molecule has 1 heterocycles. The molecule has 0 spiro atoms. The van der Waals surface area contributed by atoms with Gasteiger partial charge in [-0.05, 0) is 53.1 Å². The third kappa shape index (κ3) is 7.69. The molecule has 0 aromatic heterocycles. The van der Waals surface area contributed by atoms with Crippen molar-refractivity contribution in [3.63, 3.8) is 0 Å². The molecule has 0 saturated carbocycles. The maximum Gasteiger partial charge on any atom is 0.184 e. The average molecular weight is 541 g/mol. The first-order valence-electron chi connectivity index (χ1n) is 12.7. The van der Waals surface area contributed by atoms with Gasteiger partial charge in [-0.25, -0.2) is 0 Å². The maximum atomic E-state index is 10.9. The molecule has 3 aromatic carbocycles. The minimum atomic E-state index is -1.33. The van der Waals surface area contributed by atoms with E-state index in [9.17, 15) is 10.2 Å². The van der Waals surface area contributed by atoms with Crippen molar-refractivity contribution >= 4 is 0 Å². The molecule has 1 aliphatic rings. The Bertz CT molecular complexity index is 1120. The van der Waals surface area contributed by atoms with Crippen LogP contribution < -0.4 is 14.2 Å². The second-order valence-corrected chi connectivity index (χ2v) is 9.12. The number of ether oxygens (including phenoxy) is 7. The fourth-order valence-corrected chi connectivity index (χ4v) is 4.35. The van der Waals surface area contributed by atoms with Crippen molar-refractivity contribution in [1.29, 1.82) is 0 Å². The van der Waals surface area contributed by atoms with Gasteiger partial charge in [-0.3, -0.25) is 0 Å². The fraction of sp³-hybridized carbons (Fsp3) is 0.400. The van der Waals surface area contributed by atoms with Crippen LogP contribution in [0.25, 0.3) is 0 Å². The zero-order valence-corrected chi connectivity index (χ0v) is 22.4. The van der Waals surface area contributed by atoms with E-state index in [4.69, 9.17) is 33.2 Å². The topological polar surface area (TPSA) is 105 Å². The van der Waals surface area contributed by atoms with E-state index in [1.54, 1.807) is 21.3 Å². The zero-order chi connectivity index (χ0) is 27.6. The molecule has 1 fully saturated rings. The van der Waals surface area contributed by atoms with Crippen LogP contribution in [0.5, 0.6) is 17.2 Å². The van der Waals surface area contributed by atoms with Crippen LogP contribution in [0, 0.1) is 0 Å². The molecule has 1 saturated heterocycles. The predicted molar refractivity (Wildman–Crippen MR) is 143 cm³/mol. The van der Waals surface area contributed by atoms with E-state index in [-0.39, 0.29) is 26.4 Å². The summed E-state index contributed by atoms with van der Waals surface area (Å²) in [4.78, 5) is 0. The summed E-state index contributed by atoms with van der Waals surface area (Å²) in [7, 11) is 4.83. The molecule has 3 aromatic rings. The molecule has 0 aliphatic carbocycles. The van der Waals surface area contributed by atoms with Gasteiger partial charge in [-0.1, -0.05) is 36.4 Å². The summed E-state index contributed by atoms with van der Waals surface area (Å²) in [5.74, 6) is 2.21. The summed E-state index contributed by atoms with van der Waals surface area (Å²) in [6.45, 7) is 0.299. The summed E-state index contributed by atoms with van der Waals surface area (Å²) in [5, 5.41) is 21.0. The van der Waals surface area contributed by atoms with E-state index in [1.807, 2.05) is 72.8 Å². The molecule has 2 N–H and O–H groups in total. The van der Waals surface area contributed by atoms with Gasteiger partial charge in [-0.2, -0.15) is 0 Å². The first-order chi connectivity index (χ1) is 19.0. The lowest BCUT2D eigenvalue weighted by molar-refractivity contribution is -0.315. The molecule has 1 aliphatic heterocycles. The lowest BCUT2D eigenvalue weighted by Gasteiger charge is -2.44. The van der Waals surface area contributed by atoms with Gasteiger partial charge in [0.15, 0.2) is 6.29 Å². The van der Waals surface area contributed by atoms with Gasteiger partial charge in [0, 0.05) is 0 Å². The van der Waals surface area contributed by atoms with Gasteiger partial charge in [0.1, 0.15) is 41.7 Å². The normalized spacial score (nSPS) is 22.8. The van der Waals surface area contributed by atoms with E-state index >= 15 is 0 Å². The van der Waals surface area contributed by atoms with Gasteiger partial charge < -0.3 is 43.4 Å². The Kier molecular flexibility index (Phi) is 10.5. The Balaban J connectivity index is 1.53.